The molecule has 10 heteroatoms. The van der Waals surface area contributed by atoms with Crippen molar-refractivity contribution < 1.29 is 34.8 Å². The van der Waals surface area contributed by atoms with Crippen molar-refractivity contribution >= 4 is 32.2 Å². The third kappa shape index (κ3) is 5.40. The molecule has 0 unspecified atom stereocenters. The molecule has 0 spiro atoms. The molecule has 166 valence electrons. The first-order valence-corrected chi connectivity index (χ1v) is 12.0. The van der Waals surface area contributed by atoms with Crippen molar-refractivity contribution in [3.63, 3.8) is 0 Å². The lowest BCUT2D eigenvalue weighted by molar-refractivity contribution is 0.0730. The highest BCUT2D eigenvalue weighted by atomic mass is 32.2. The second-order valence-corrected chi connectivity index (χ2v) is 9.95. The van der Waals surface area contributed by atoms with Crippen LogP contribution in [0.1, 0.15) is 31.8 Å². The lowest BCUT2D eigenvalue weighted by atomic mass is 10.1. The van der Waals surface area contributed by atoms with Crippen LogP contribution in [0.2, 0.25) is 0 Å². The minimum absolute atomic E-state index is 0.154. The van der Waals surface area contributed by atoms with Crippen molar-refractivity contribution in [3.05, 3.63) is 95.1 Å². The molecule has 0 amide bonds. The number of hydrogen-bond donors (Lipinski definition) is 0. The van der Waals surface area contributed by atoms with Gasteiger partial charge in [0, 0.05) is 0 Å². The summed E-state index contributed by atoms with van der Waals surface area (Å²) < 4.78 is 58.2. The fourth-order valence-electron chi connectivity index (χ4n) is 2.54. The molecule has 0 N–H and O–H groups in total. The summed E-state index contributed by atoms with van der Waals surface area (Å²) >= 11 is 0. The average Bonchev–Trinajstić information content (AvgIpc) is 2.74. The third-order valence-electron chi connectivity index (χ3n) is 4.35. The van der Waals surface area contributed by atoms with Crippen molar-refractivity contribution in [2.45, 2.75) is 23.6 Å². The topological polar surface area (TPSA) is 121 Å². The molecular formula is C22H18O8S2. The highest BCUT2D eigenvalue weighted by Gasteiger charge is 2.23. The molecule has 3 aromatic rings. The van der Waals surface area contributed by atoms with E-state index < -0.39 is 32.2 Å². The largest absolute Gasteiger partial charge is 0.354 e. The van der Waals surface area contributed by atoms with E-state index in [-0.39, 0.29) is 20.9 Å². The summed E-state index contributed by atoms with van der Waals surface area (Å²) in [5, 5.41) is 0. The Morgan fingerprint density at radius 1 is 0.531 bits per heavy atom. The number of carbonyl (C=O) groups is 2. The Morgan fingerprint density at radius 3 is 1.09 bits per heavy atom. The molecule has 0 bridgehead atoms. The second-order valence-electron chi connectivity index (χ2n) is 6.85. The summed E-state index contributed by atoms with van der Waals surface area (Å²) in [6.07, 6.45) is 0. The van der Waals surface area contributed by atoms with Gasteiger partial charge in [-0.1, -0.05) is 35.4 Å². The van der Waals surface area contributed by atoms with Crippen LogP contribution in [0, 0.1) is 13.8 Å². The molecule has 0 heterocycles. The van der Waals surface area contributed by atoms with Crippen LogP contribution in [-0.2, 0) is 28.6 Å². The predicted molar refractivity (Wildman–Crippen MR) is 114 cm³/mol. The van der Waals surface area contributed by atoms with Crippen LogP contribution >= 0.6 is 0 Å². The van der Waals surface area contributed by atoms with Gasteiger partial charge in [-0.05, 0) is 62.4 Å². The zero-order valence-electron chi connectivity index (χ0n) is 17.0. The molecule has 0 saturated heterocycles. The van der Waals surface area contributed by atoms with Crippen molar-refractivity contribution in [2.24, 2.45) is 0 Å². The van der Waals surface area contributed by atoms with Gasteiger partial charge in [0.05, 0.1) is 11.1 Å². The van der Waals surface area contributed by atoms with E-state index in [1.807, 2.05) is 0 Å². The van der Waals surface area contributed by atoms with E-state index >= 15 is 0 Å². The molecular weight excluding hydrogens is 456 g/mol. The van der Waals surface area contributed by atoms with Crippen LogP contribution < -0.4 is 0 Å². The van der Waals surface area contributed by atoms with Crippen LogP contribution in [0.3, 0.4) is 0 Å². The van der Waals surface area contributed by atoms with Crippen LogP contribution in [0.5, 0.6) is 0 Å². The average molecular weight is 475 g/mol. The first kappa shape index (κ1) is 23.2. The van der Waals surface area contributed by atoms with E-state index in [1.54, 1.807) is 38.1 Å². The summed E-state index contributed by atoms with van der Waals surface area (Å²) in [6, 6.07) is 16.0. The summed E-state index contributed by atoms with van der Waals surface area (Å²) in [5.41, 5.74) is 1.36. The standard InChI is InChI=1S/C22H18O8S2/c1-15-3-11-19(12-4-15)31(25,26)29-21(23)17-7-9-18(10-8-17)22(24)30-32(27,28)20-13-5-16(2)6-14-20/h3-14H,1-2H3. The van der Waals surface area contributed by atoms with Crippen molar-refractivity contribution in [1.29, 1.82) is 0 Å². The third-order valence-corrected chi connectivity index (χ3v) is 6.79. The van der Waals surface area contributed by atoms with Crippen LogP contribution in [-0.4, -0.2) is 28.8 Å². The molecule has 0 fully saturated rings. The monoisotopic (exact) mass is 474 g/mol. The number of aryl methyl sites for hydroxylation is 2. The normalized spacial score (nSPS) is 11.6. The zero-order valence-corrected chi connectivity index (χ0v) is 18.6. The number of benzene rings is 3. The minimum Gasteiger partial charge on any atom is -0.338 e. The van der Waals surface area contributed by atoms with Gasteiger partial charge in [-0.15, -0.1) is 0 Å². The second kappa shape index (κ2) is 8.93. The van der Waals surface area contributed by atoms with Crippen LogP contribution in [0.25, 0.3) is 0 Å². The van der Waals surface area contributed by atoms with E-state index in [4.69, 9.17) is 0 Å². The lowest BCUT2D eigenvalue weighted by Crippen LogP contribution is -2.15. The van der Waals surface area contributed by atoms with Gasteiger partial charge < -0.3 is 8.37 Å². The Labute approximate surface area is 185 Å². The molecule has 3 rings (SSSR count). The maximum atomic E-state index is 12.2. The molecule has 0 atom stereocenters. The Hall–Kier alpha value is -3.50. The highest BCUT2D eigenvalue weighted by Crippen LogP contribution is 2.18. The molecule has 0 aliphatic rings. The van der Waals surface area contributed by atoms with Gasteiger partial charge in [0.2, 0.25) is 0 Å². The smallest absolute Gasteiger partial charge is 0.338 e. The molecule has 0 aliphatic carbocycles. The summed E-state index contributed by atoms with van der Waals surface area (Å²) in [4.78, 5) is 24.1. The van der Waals surface area contributed by atoms with E-state index in [9.17, 15) is 26.4 Å². The number of rotatable bonds is 6. The first-order valence-electron chi connectivity index (χ1n) is 9.19. The molecule has 0 aromatic heterocycles. The first-order chi connectivity index (χ1) is 15.0. The quantitative estimate of drug-likeness (QED) is 0.499. The Kier molecular flexibility index (Phi) is 6.47. The van der Waals surface area contributed by atoms with Crippen LogP contribution in [0.4, 0.5) is 0 Å². The molecule has 0 radical (unpaired) electrons. The highest BCUT2D eigenvalue weighted by molar-refractivity contribution is 7.87. The van der Waals surface area contributed by atoms with Gasteiger partial charge in [0.1, 0.15) is 9.79 Å². The molecule has 8 nitrogen and oxygen atoms in total. The predicted octanol–water partition coefficient (Wildman–Crippen LogP) is 3.39. The van der Waals surface area contributed by atoms with E-state index in [1.165, 1.54) is 24.3 Å². The minimum atomic E-state index is -4.33. The fourth-order valence-corrected chi connectivity index (χ4v) is 4.27. The van der Waals surface area contributed by atoms with Crippen molar-refractivity contribution in [3.8, 4) is 0 Å². The maximum Gasteiger partial charge on any atom is 0.354 e. The van der Waals surface area contributed by atoms with Crippen molar-refractivity contribution in [2.75, 3.05) is 0 Å². The Morgan fingerprint density at radius 2 is 0.812 bits per heavy atom. The van der Waals surface area contributed by atoms with Gasteiger partial charge in [0.25, 0.3) is 0 Å². The van der Waals surface area contributed by atoms with E-state index in [2.05, 4.69) is 8.37 Å². The lowest BCUT2D eigenvalue weighted by Gasteiger charge is -2.08. The molecule has 3 aromatic carbocycles. The van der Waals surface area contributed by atoms with Gasteiger partial charge in [-0.2, -0.15) is 16.8 Å². The molecule has 32 heavy (non-hydrogen) atoms. The van der Waals surface area contributed by atoms with Crippen molar-refractivity contribution in [1.82, 2.24) is 0 Å². The van der Waals surface area contributed by atoms with Gasteiger partial charge in [-0.25, -0.2) is 9.59 Å². The van der Waals surface area contributed by atoms with Crippen LogP contribution in [0.15, 0.2) is 82.6 Å². The molecule has 0 saturated carbocycles. The Bertz CT molecular complexity index is 1250. The summed E-state index contributed by atoms with van der Waals surface area (Å²) in [5.74, 6) is -2.31. The summed E-state index contributed by atoms with van der Waals surface area (Å²) in [7, 11) is -8.66. The molecule has 0 aliphatic heterocycles. The van der Waals surface area contributed by atoms with Gasteiger partial charge >= 0.3 is 32.2 Å². The summed E-state index contributed by atoms with van der Waals surface area (Å²) in [6.45, 7) is 3.56. The number of carbonyl (C=O) groups excluding carboxylic acids is 2. The van der Waals surface area contributed by atoms with Gasteiger partial charge in [0.15, 0.2) is 0 Å². The zero-order chi connectivity index (χ0) is 23.5. The SMILES string of the molecule is Cc1ccc(S(=O)(=O)OC(=O)c2ccc(C(=O)OS(=O)(=O)c3ccc(C)cc3)cc2)cc1. The fraction of sp³-hybridized carbons (Fsp3) is 0.0909. The van der Waals surface area contributed by atoms with E-state index in [0.717, 1.165) is 35.4 Å². The number of hydrogen-bond acceptors (Lipinski definition) is 8. The maximum absolute atomic E-state index is 12.2. The Balaban J connectivity index is 1.71. The van der Waals surface area contributed by atoms with Gasteiger partial charge in [-0.3, -0.25) is 0 Å². The van der Waals surface area contributed by atoms with E-state index in [0.29, 0.717) is 0 Å².